The van der Waals surface area contributed by atoms with Gasteiger partial charge >= 0.3 is 5.97 Å². The van der Waals surface area contributed by atoms with E-state index in [1.54, 1.807) is 23.1 Å². The van der Waals surface area contributed by atoms with Crippen LogP contribution in [0.5, 0.6) is 5.75 Å². The van der Waals surface area contributed by atoms with Gasteiger partial charge in [-0.05, 0) is 55.7 Å². The smallest absolute Gasteiger partial charge is 0.302 e. The maximum Gasteiger partial charge on any atom is 0.302 e. The van der Waals surface area contributed by atoms with Crippen molar-refractivity contribution in [3.63, 3.8) is 0 Å². The van der Waals surface area contributed by atoms with Crippen molar-refractivity contribution in [1.82, 2.24) is 4.90 Å². The first-order valence-corrected chi connectivity index (χ1v) is 14.4. The van der Waals surface area contributed by atoms with Crippen LogP contribution >= 0.6 is 23.2 Å². The summed E-state index contributed by atoms with van der Waals surface area (Å²) in [5, 5.41) is 0.718. The minimum atomic E-state index is -3.64. The van der Waals surface area contributed by atoms with Crippen LogP contribution in [0, 0.1) is 0 Å². The van der Waals surface area contributed by atoms with Crippen molar-refractivity contribution in [1.29, 1.82) is 0 Å². The molecule has 0 saturated carbocycles. The van der Waals surface area contributed by atoms with Crippen LogP contribution in [0.3, 0.4) is 0 Å². The molecule has 0 aliphatic carbocycles. The average Bonchev–Trinajstić information content (AvgIpc) is 2.78. The molecule has 8 nitrogen and oxygen atoms in total. The molecular weight excluding hydrogens is 541 g/mol. The Kier molecular flexibility index (Phi) is 12.2. The minimum absolute atomic E-state index is 0.00714. The number of halogens is 2. The van der Waals surface area contributed by atoms with Gasteiger partial charge in [0.15, 0.2) is 0 Å². The van der Waals surface area contributed by atoms with Gasteiger partial charge in [0.1, 0.15) is 12.4 Å². The lowest BCUT2D eigenvalue weighted by atomic mass is 9.95. The number of ether oxygens (including phenoxy) is 2. The maximum atomic E-state index is 13.4. The zero-order chi connectivity index (χ0) is 27.6. The lowest BCUT2D eigenvalue weighted by Crippen LogP contribution is -2.38. The summed E-state index contributed by atoms with van der Waals surface area (Å²) in [6.07, 6.45) is 1.36. The number of hydrogen-bond acceptors (Lipinski definition) is 7. The first-order valence-electron chi connectivity index (χ1n) is 11.8. The van der Waals surface area contributed by atoms with Crippen molar-refractivity contribution >= 4 is 45.2 Å². The summed E-state index contributed by atoms with van der Waals surface area (Å²) in [5.74, 6) is -0.303. The summed E-state index contributed by atoms with van der Waals surface area (Å²) in [4.78, 5) is 26.3. The number of hydrogen-bond donors (Lipinski definition) is 0. The van der Waals surface area contributed by atoms with Gasteiger partial charge in [-0.15, -0.1) is 0 Å². The molecule has 11 heteroatoms. The number of carbonyl (C=O) groups excluding carboxylic acids is 2. The van der Waals surface area contributed by atoms with Gasteiger partial charge in [0, 0.05) is 19.4 Å². The number of rotatable bonds is 14. The molecule has 204 valence electrons. The molecule has 0 bridgehead atoms. The predicted octanol–water partition coefficient (Wildman–Crippen LogP) is 4.86. The minimum Gasteiger partial charge on any atom is -0.491 e. The summed E-state index contributed by atoms with van der Waals surface area (Å²) in [7, 11) is -3.64. The molecule has 0 aliphatic rings. The van der Waals surface area contributed by atoms with Gasteiger partial charge in [-0.25, -0.2) is 0 Å². The number of esters is 1. The van der Waals surface area contributed by atoms with Crippen LogP contribution in [-0.2, 0) is 35.0 Å². The first-order chi connectivity index (χ1) is 17.3. The van der Waals surface area contributed by atoms with E-state index in [1.165, 1.54) is 6.92 Å². The summed E-state index contributed by atoms with van der Waals surface area (Å²) in [5.41, 5.74) is 1.54. The van der Waals surface area contributed by atoms with E-state index in [9.17, 15) is 18.0 Å². The average molecular weight is 575 g/mol. The summed E-state index contributed by atoms with van der Waals surface area (Å²) < 4.78 is 38.8. The van der Waals surface area contributed by atoms with Crippen LogP contribution in [0.25, 0.3) is 0 Å². The molecule has 2 aromatic rings. The molecule has 1 amide bonds. The summed E-state index contributed by atoms with van der Waals surface area (Å²) in [6, 6.07) is 12.4. The molecule has 37 heavy (non-hydrogen) atoms. The molecule has 2 aromatic carbocycles. The molecule has 0 spiro atoms. The molecule has 2 rings (SSSR count). The SMILES string of the molecule is CC(=O)OCCN(CC(CCOS(C)(=O)=O)c1ccc(Cl)c(Cl)c1)C(=O)Cc1cccc(OC(C)C)c1. The Labute approximate surface area is 228 Å². The van der Waals surface area contributed by atoms with Gasteiger partial charge in [-0.1, -0.05) is 41.4 Å². The third kappa shape index (κ3) is 11.7. The Bertz CT molecular complexity index is 1170. The van der Waals surface area contributed by atoms with E-state index in [0.717, 1.165) is 17.4 Å². The van der Waals surface area contributed by atoms with E-state index in [2.05, 4.69) is 0 Å². The molecule has 0 fully saturated rings. The Morgan fingerprint density at radius 1 is 1.03 bits per heavy atom. The number of amides is 1. The Morgan fingerprint density at radius 2 is 1.76 bits per heavy atom. The molecule has 0 aromatic heterocycles. The monoisotopic (exact) mass is 573 g/mol. The second kappa shape index (κ2) is 14.6. The van der Waals surface area contributed by atoms with Crippen LogP contribution in [0.2, 0.25) is 10.0 Å². The summed E-state index contributed by atoms with van der Waals surface area (Å²) in [6.45, 7) is 5.46. The highest BCUT2D eigenvalue weighted by Gasteiger charge is 2.22. The fourth-order valence-electron chi connectivity index (χ4n) is 3.64. The largest absolute Gasteiger partial charge is 0.491 e. The second-order valence-electron chi connectivity index (χ2n) is 8.86. The van der Waals surface area contributed by atoms with Crippen LogP contribution < -0.4 is 4.74 Å². The second-order valence-corrected chi connectivity index (χ2v) is 11.3. The molecular formula is C26H33Cl2NO7S. The van der Waals surface area contributed by atoms with Gasteiger partial charge < -0.3 is 14.4 Å². The number of carbonyl (C=O) groups is 2. The highest BCUT2D eigenvalue weighted by molar-refractivity contribution is 7.85. The van der Waals surface area contributed by atoms with Crippen molar-refractivity contribution in [3.8, 4) is 5.75 Å². The van der Waals surface area contributed by atoms with Crippen molar-refractivity contribution in [2.24, 2.45) is 0 Å². The van der Waals surface area contributed by atoms with Gasteiger partial charge in [0.05, 0.1) is 42.0 Å². The van der Waals surface area contributed by atoms with Crippen molar-refractivity contribution in [2.75, 3.05) is 32.6 Å². The van der Waals surface area contributed by atoms with E-state index >= 15 is 0 Å². The van der Waals surface area contributed by atoms with Gasteiger partial charge in [-0.3, -0.25) is 13.8 Å². The lowest BCUT2D eigenvalue weighted by Gasteiger charge is -2.28. The zero-order valence-corrected chi connectivity index (χ0v) is 23.7. The van der Waals surface area contributed by atoms with Crippen LogP contribution in [-0.4, -0.2) is 63.9 Å². The number of nitrogens with zero attached hydrogens (tertiary/aromatic N) is 1. The van der Waals surface area contributed by atoms with E-state index in [4.69, 9.17) is 36.9 Å². The van der Waals surface area contributed by atoms with Crippen LogP contribution in [0.1, 0.15) is 44.2 Å². The Morgan fingerprint density at radius 3 is 2.38 bits per heavy atom. The zero-order valence-electron chi connectivity index (χ0n) is 21.4. The van der Waals surface area contributed by atoms with Crippen molar-refractivity contribution in [2.45, 2.75) is 45.6 Å². The lowest BCUT2D eigenvalue weighted by molar-refractivity contribution is -0.143. The maximum absolute atomic E-state index is 13.4. The van der Waals surface area contributed by atoms with Crippen molar-refractivity contribution in [3.05, 3.63) is 63.6 Å². The van der Waals surface area contributed by atoms with E-state index in [0.29, 0.717) is 22.2 Å². The number of benzene rings is 2. The van der Waals surface area contributed by atoms with E-state index in [-0.39, 0.29) is 50.7 Å². The Balaban J connectivity index is 2.28. The quantitative estimate of drug-likeness (QED) is 0.235. The highest BCUT2D eigenvalue weighted by Crippen LogP contribution is 2.29. The molecule has 0 N–H and O–H groups in total. The first kappa shape index (κ1) is 30.9. The normalized spacial score (nSPS) is 12.3. The van der Waals surface area contributed by atoms with Gasteiger partial charge in [-0.2, -0.15) is 8.42 Å². The summed E-state index contributed by atoms with van der Waals surface area (Å²) >= 11 is 12.3. The standard InChI is InChI=1S/C26H33Cl2NO7S/c1-18(2)36-23-7-5-6-20(14-23)15-26(31)29(11-13-34-19(3)30)17-22(10-12-35-37(4,32)33)21-8-9-24(27)25(28)16-21/h5-9,14,16,18,22H,10-13,15,17H2,1-4H3. The highest BCUT2D eigenvalue weighted by atomic mass is 35.5. The molecule has 0 saturated heterocycles. The fraction of sp³-hybridized carbons (Fsp3) is 0.462. The molecule has 0 aliphatic heterocycles. The fourth-order valence-corrected chi connectivity index (χ4v) is 4.35. The van der Waals surface area contributed by atoms with E-state index < -0.39 is 16.1 Å². The molecule has 0 heterocycles. The van der Waals surface area contributed by atoms with E-state index in [1.807, 2.05) is 38.1 Å². The van der Waals surface area contributed by atoms with Gasteiger partial charge in [0.25, 0.3) is 10.1 Å². The topological polar surface area (TPSA) is 99.2 Å². The van der Waals surface area contributed by atoms with Gasteiger partial charge in [0.2, 0.25) is 5.91 Å². The third-order valence-electron chi connectivity index (χ3n) is 5.26. The van der Waals surface area contributed by atoms with Crippen LogP contribution in [0.15, 0.2) is 42.5 Å². The molecule has 1 unspecified atom stereocenters. The predicted molar refractivity (Wildman–Crippen MR) is 144 cm³/mol. The van der Waals surface area contributed by atoms with Crippen LogP contribution in [0.4, 0.5) is 0 Å². The molecule has 1 atom stereocenters. The Hall–Kier alpha value is -2.33. The molecule has 0 radical (unpaired) electrons. The third-order valence-corrected chi connectivity index (χ3v) is 6.60. The van der Waals surface area contributed by atoms with Crippen molar-refractivity contribution < 1.29 is 31.7 Å².